The predicted octanol–water partition coefficient (Wildman–Crippen LogP) is 1.55. The Morgan fingerprint density at radius 1 is 1.50 bits per heavy atom. The van der Waals surface area contributed by atoms with Crippen LogP contribution in [0, 0.1) is 0 Å². The Kier molecular flexibility index (Phi) is 2.67. The number of nitrogens with two attached hydrogens (primary N) is 1. The van der Waals surface area contributed by atoms with Crippen LogP contribution in [0.1, 0.15) is 12.5 Å². The zero-order valence-electron chi connectivity index (χ0n) is 9.61. The first-order valence-electron chi connectivity index (χ1n) is 5.63. The molecule has 5 nitrogen and oxygen atoms in total. The minimum atomic E-state index is -2.92. The molecular formula is C11H13N3O2S2. The van der Waals surface area contributed by atoms with Gasteiger partial charge in [0, 0.05) is 17.0 Å². The van der Waals surface area contributed by atoms with E-state index in [4.69, 9.17) is 5.73 Å². The minimum Gasteiger partial charge on any atom is -0.384 e. The highest BCUT2D eigenvalue weighted by Gasteiger charge is 2.30. The third-order valence-corrected chi connectivity index (χ3v) is 5.57. The Morgan fingerprint density at radius 3 is 2.94 bits per heavy atom. The van der Waals surface area contributed by atoms with Gasteiger partial charge >= 0.3 is 0 Å². The number of hydrogen-bond acceptors (Lipinski definition) is 5. The Labute approximate surface area is 109 Å². The number of aromatic nitrogens is 2. The molecular weight excluding hydrogens is 270 g/mol. The topological polar surface area (TPSA) is 78.0 Å². The zero-order valence-corrected chi connectivity index (χ0v) is 11.2. The number of anilines is 1. The van der Waals surface area contributed by atoms with Gasteiger partial charge < -0.3 is 5.73 Å². The third-order valence-electron chi connectivity index (χ3n) is 3.14. The lowest BCUT2D eigenvalue weighted by Gasteiger charge is -2.09. The van der Waals surface area contributed by atoms with Crippen molar-refractivity contribution in [1.29, 1.82) is 0 Å². The van der Waals surface area contributed by atoms with Crippen LogP contribution < -0.4 is 5.73 Å². The molecule has 0 bridgehead atoms. The highest BCUT2D eigenvalue weighted by Crippen LogP contribution is 2.29. The second-order valence-electron chi connectivity index (χ2n) is 4.47. The highest BCUT2D eigenvalue weighted by molar-refractivity contribution is 7.91. The lowest BCUT2D eigenvalue weighted by atomic mass is 10.2. The third kappa shape index (κ3) is 2.04. The van der Waals surface area contributed by atoms with Crippen LogP contribution in [0.4, 0.5) is 5.82 Å². The molecule has 7 heteroatoms. The average Bonchev–Trinajstić information content (AvgIpc) is 2.97. The molecule has 0 radical (unpaired) electrons. The van der Waals surface area contributed by atoms with E-state index in [0.29, 0.717) is 12.2 Å². The van der Waals surface area contributed by atoms with Crippen molar-refractivity contribution in [3.8, 4) is 11.3 Å². The first-order chi connectivity index (χ1) is 8.55. The first kappa shape index (κ1) is 11.7. The summed E-state index contributed by atoms with van der Waals surface area (Å²) in [5.74, 6) is 0.894. The molecule has 0 saturated carbocycles. The zero-order chi connectivity index (χ0) is 12.8. The van der Waals surface area contributed by atoms with Crippen LogP contribution in [0.5, 0.6) is 0 Å². The number of nitrogens with zero attached hydrogens (tertiary/aromatic N) is 2. The summed E-state index contributed by atoms with van der Waals surface area (Å²) in [6, 6.07) is 3.65. The van der Waals surface area contributed by atoms with Crippen molar-refractivity contribution >= 4 is 27.0 Å². The molecule has 18 heavy (non-hydrogen) atoms. The van der Waals surface area contributed by atoms with Crippen LogP contribution in [0.25, 0.3) is 11.3 Å². The van der Waals surface area contributed by atoms with E-state index >= 15 is 0 Å². The van der Waals surface area contributed by atoms with E-state index in [1.807, 2.05) is 16.8 Å². The largest absolute Gasteiger partial charge is 0.384 e. The molecule has 1 aliphatic rings. The molecule has 0 spiro atoms. The first-order valence-corrected chi connectivity index (χ1v) is 8.39. The molecule has 2 aromatic heterocycles. The molecule has 1 unspecified atom stereocenters. The summed E-state index contributed by atoms with van der Waals surface area (Å²) in [6.07, 6.45) is 0.595. The molecule has 0 aliphatic carbocycles. The maximum atomic E-state index is 11.5. The lowest BCUT2D eigenvalue weighted by molar-refractivity contribution is 0.508. The summed E-state index contributed by atoms with van der Waals surface area (Å²) in [4.78, 5) is 0. The quantitative estimate of drug-likeness (QED) is 0.907. The molecule has 0 amide bonds. The van der Waals surface area contributed by atoms with E-state index in [9.17, 15) is 8.42 Å². The SMILES string of the molecule is Nc1cc(-c2ccsc2)nn1C1CCS(=O)(=O)C1. The number of rotatable bonds is 2. The van der Waals surface area contributed by atoms with E-state index in [0.717, 1.165) is 11.3 Å². The molecule has 2 N–H and O–H groups in total. The van der Waals surface area contributed by atoms with Gasteiger partial charge in [0.25, 0.3) is 0 Å². The molecule has 1 atom stereocenters. The van der Waals surface area contributed by atoms with E-state index in [1.54, 1.807) is 22.1 Å². The van der Waals surface area contributed by atoms with E-state index < -0.39 is 9.84 Å². The van der Waals surface area contributed by atoms with Crippen LogP contribution in [0.2, 0.25) is 0 Å². The van der Waals surface area contributed by atoms with E-state index in [2.05, 4.69) is 5.10 Å². The predicted molar refractivity (Wildman–Crippen MR) is 72.3 cm³/mol. The van der Waals surface area contributed by atoms with Gasteiger partial charge in [-0.15, -0.1) is 0 Å². The molecule has 0 aromatic carbocycles. The summed E-state index contributed by atoms with van der Waals surface area (Å²) in [5, 5.41) is 8.41. The van der Waals surface area contributed by atoms with Crippen LogP contribution >= 0.6 is 11.3 Å². The summed E-state index contributed by atoms with van der Waals surface area (Å²) in [7, 11) is -2.92. The molecule has 1 saturated heterocycles. The van der Waals surface area contributed by atoms with Crippen molar-refractivity contribution in [2.75, 3.05) is 17.2 Å². The number of nitrogen functional groups attached to an aromatic ring is 1. The lowest BCUT2D eigenvalue weighted by Crippen LogP contribution is -2.14. The van der Waals surface area contributed by atoms with Gasteiger partial charge in [0.15, 0.2) is 9.84 Å². The Hall–Kier alpha value is -1.34. The van der Waals surface area contributed by atoms with Gasteiger partial charge in [-0.05, 0) is 17.9 Å². The summed E-state index contributed by atoms with van der Waals surface area (Å²) in [5.41, 5.74) is 7.75. The fourth-order valence-corrected chi connectivity index (χ4v) is 4.56. The normalized spacial score (nSPS) is 22.3. The summed E-state index contributed by atoms with van der Waals surface area (Å²) < 4.78 is 24.6. The number of thiophene rings is 1. The summed E-state index contributed by atoms with van der Waals surface area (Å²) in [6.45, 7) is 0. The molecule has 96 valence electrons. The van der Waals surface area contributed by atoms with Crippen LogP contribution in [0.3, 0.4) is 0 Å². The number of hydrogen-bond donors (Lipinski definition) is 1. The van der Waals surface area contributed by atoms with Gasteiger partial charge in [0.2, 0.25) is 0 Å². The molecule has 1 fully saturated rings. The molecule has 1 aliphatic heterocycles. The van der Waals surface area contributed by atoms with Gasteiger partial charge in [0.1, 0.15) is 5.82 Å². The average molecular weight is 283 g/mol. The highest BCUT2D eigenvalue weighted by atomic mass is 32.2. The van der Waals surface area contributed by atoms with Gasteiger partial charge in [-0.25, -0.2) is 13.1 Å². The van der Waals surface area contributed by atoms with Crippen molar-refractivity contribution in [2.24, 2.45) is 0 Å². The van der Waals surface area contributed by atoms with Gasteiger partial charge in [-0.3, -0.25) is 0 Å². The second kappa shape index (κ2) is 4.10. The van der Waals surface area contributed by atoms with Gasteiger partial charge in [-0.1, -0.05) is 0 Å². The molecule has 3 rings (SSSR count). The van der Waals surface area contributed by atoms with Gasteiger partial charge in [0.05, 0.1) is 23.2 Å². The maximum Gasteiger partial charge on any atom is 0.152 e. The van der Waals surface area contributed by atoms with E-state index in [-0.39, 0.29) is 17.5 Å². The summed E-state index contributed by atoms with van der Waals surface area (Å²) >= 11 is 1.60. The van der Waals surface area contributed by atoms with Gasteiger partial charge in [-0.2, -0.15) is 16.4 Å². The smallest absolute Gasteiger partial charge is 0.152 e. The Balaban J connectivity index is 1.95. The van der Waals surface area contributed by atoms with Crippen LogP contribution in [0.15, 0.2) is 22.9 Å². The maximum absolute atomic E-state index is 11.5. The second-order valence-corrected chi connectivity index (χ2v) is 7.48. The fraction of sp³-hybridized carbons (Fsp3) is 0.364. The van der Waals surface area contributed by atoms with Crippen LogP contribution in [-0.4, -0.2) is 29.7 Å². The van der Waals surface area contributed by atoms with E-state index in [1.165, 1.54) is 0 Å². The minimum absolute atomic E-state index is 0.123. The monoisotopic (exact) mass is 283 g/mol. The van der Waals surface area contributed by atoms with Crippen molar-refractivity contribution in [2.45, 2.75) is 12.5 Å². The number of sulfone groups is 1. The standard InChI is InChI=1S/C11H13N3O2S2/c12-11-5-10(8-1-3-17-6-8)13-14(11)9-2-4-18(15,16)7-9/h1,3,5-6,9H,2,4,7,12H2. The van der Waals surface area contributed by atoms with Crippen molar-refractivity contribution in [1.82, 2.24) is 9.78 Å². The van der Waals surface area contributed by atoms with Crippen molar-refractivity contribution in [3.05, 3.63) is 22.9 Å². The van der Waals surface area contributed by atoms with Crippen molar-refractivity contribution < 1.29 is 8.42 Å². The van der Waals surface area contributed by atoms with Crippen molar-refractivity contribution in [3.63, 3.8) is 0 Å². The molecule has 3 heterocycles. The van der Waals surface area contributed by atoms with Crippen LogP contribution in [-0.2, 0) is 9.84 Å². The Morgan fingerprint density at radius 2 is 2.33 bits per heavy atom. The fourth-order valence-electron chi connectivity index (χ4n) is 2.22. The Bertz CT molecular complexity index is 659. The molecule has 2 aromatic rings.